The van der Waals surface area contributed by atoms with Gasteiger partial charge in [0, 0.05) is 33.2 Å². The quantitative estimate of drug-likeness (QED) is 0.641. The van der Waals surface area contributed by atoms with Crippen molar-refractivity contribution >= 4 is 15.9 Å². The third-order valence-corrected chi connectivity index (χ3v) is 6.04. The van der Waals surface area contributed by atoms with E-state index < -0.39 is 10.0 Å². The zero-order valence-corrected chi connectivity index (χ0v) is 16.0. The molecule has 10 heteroatoms. The van der Waals surface area contributed by atoms with E-state index in [-0.39, 0.29) is 23.9 Å². The number of hydrogen-bond donors (Lipinski definition) is 1. The number of rotatable bonds is 8. The lowest BCUT2D eigenvalue weighted by Gasteiger charge is -2.30. The van der Waals surface area contributed by atoms with Crippen molar-refractivity contribution in [2.45, 2.75) is 30.8 Å². The van der Waals surface area contributed by atoms with Crippen molar-refractivity contribution in [1.29, 1.82) is 0 Å². The fourth-order valence-corrected chi connectivity index (χ4v) is 4.37. The average Bonchev–Trinajstić information content (AvgIpc) is 3.19. The zero-order valence-electron chi connectivity index (χ0n) is 15.2. The van der Waals surface area contributed by atoms with Gasteiger partial charge in [-0.05, 0) is 23.6 Å². The van der Waals surface area contributed by atoms with Crippen LogP contribution in [0.2, 0.25) is 0 Å². The monoisotopic (exact) mass is 393 g/mol. The molecule has 3 rings (SSSR count). The molecule has 2 aromatic rings. The number of amides is 1. The molecule has 1 amide bonds. The summed E-state index contributed by atoms with van der Waals surface area (Å²) >= 11 is 0. The average molecular weight is 393 g/mol. The number of aryl methyl sites for hydroxylation is 1. The summed E-state index contributed by atoms with van der Waals surface area (Å²) in [5, 5.41) is 3.99. The standard InChI is InChI=1S/C17H23N5O4S/c1-26-10-7-20-27(24,25)16-4-2-3-14-5-8-21(11-15(14)16)17(23)6-9-22-13-18-12-19-22/h2-4,12-13,20H,5-11H2,1H3. The van der Waals surface area contributed by atoms with Crippen molar-refractivity contribution in [3.63, 3.8) is 0 Å². The molecule has 1 N–H and O–H groups in total. The van der Waals surface area contributed by atoms with Gasteiger partial charge in [0.2, 0.25) is 15.9 Å². The van der Waals surface area contributed by atoms with Gasteiger partial charge in [-0.25, -0.2) is 18.1 Å². The summed E-state index contributed by atoms with van der Waals surface area (Å²) in [5.41, 5.74) is 1.65. The number of hydrogen-bond acceptors (Lipinski definition) is 6. The van der Waals surface area contributed by atoms with Crippen LogP contribution in [0.3, 0.4) is 0 Å². The summed E-state index contributed by atoms with van der Waals surface area (Å²) in [6, 6.07) is 5.24. The van der Waals surface area contributed by atoms with Gasteiger partial charge in [0.15, 0.2) is 0 Å². The first kappa shape index (κ1) is 19.5. The van der Waals surface area contributed by atoms with Crippen molar-refractivity contribution < 1.29 is 17.9 Å². The summed E-state index contributed by atoms with van der Waals surface area (Å²) in [5.74, 6) is -0.0318. The first-order valence-corrected chi connectivity index (χ1v) is 10.2. The smallest absolute Gasteiger partial charge is 0.240 e. The van der Waals surface area contributed by atoms with Gasteiger partial charge in [0.25, 0.3) is 0 Å². The maximum absolute atomic E-state index is 12.6. The van der Waals surface area contributed by atoms with Gasteiger partial charge >= 0.3 is 0 Å². The fourth-order valence-electron chi connectivity index (χ4n) is 3.09. The molecule has 0 saturated heterocycles. The number of carbonyl (C=O) groups is 1. The molecular formula is C17H23N5O4S. The van der Waals surface area contributed by atoms with Crippen LogP contribution in [-0.4, -0.2) is 60.8 Å². The predicted octanol–water partition coefficient (Wildman–Crippen LogP) is 0.178. The van der Waals surface area contributed by atoms with E-state index in [9.17, 15) is 13.2 Å². The number of nitrogens with one attached hydrogen (secondary N) is 1. The van der Waals surface area contributed by atoms with Crippen molar-refractivity contribution in [1.82, 2.24) is 24.4 Å². The topological polar surface area (TPSA) is 106 Å². The molecular weight excluding hydrogens is 370 g/mol. The molecule has 0 bridgehead atoms. The second-order valence-electron chi connectivity index (χ2n) is 6.26. The van der Waals surface area contributed by atoms with Crippen LogP contribution in [0.15, 0.2) is 35.7 Å². The Morgan fingerprint density at radius 3 is 2.96 bits per heavy atom. The van der Waals surface area contributed by atoms with Crippen LogP contribution in [0, 0.1) is 0 Å². The molecule has 146 valence electrons. The first-order chi connectivity index (χ1) is 13.0. The van der Waals surface area contributed by atoms with Gasteiger partial charge in [0.1, 0.15) is 12.7 Å². The van der Waals surface area contributed by atoms with E-state index in [2.05, 4.69) is 14.8 Å². The Morgan fingerprint density at radius 1 is 1.37 bits per heavy atom. The maximum atomic E-state index is 12.6. The highest BCUT2D eigenvalue weighted by Crippen LogP contribution is 2.26. The fraction of sp³-hybridized carbons (Fsp3) is 0.471. The molecule has 0 radical (unpaired) electrons. The molecule has 1 aliphatic heterocycles. The van der Waals surface area contributed by atoms with Gasteiger partial charge in [-0.3, -0.25) is 9.48 Å². The first-order valence-electron chi connectivity index (χ1n) is 8.71. The minimum Gasteiger partial charge on any atom is -0.383 e. The number of aromatic nitrogens is 3. The van der Waals surface area contributed by atoms with Crippen LogP contribution in [-0.2, 0) is 39.1 Å². The number of sulfonamides is 1. The molecule has 2 heterocycles. The number of methoxy groups -OCH3 is 1. The van der Waals surface area contributed by atoms with Crippen molar-refractivity contribution in [2.75, 3.05) is 26.8 Å². The molecule has 0 atom stereocenters. The number of carbonyl (C=O) groups excluding carboxylic acids is 1. The van der Waals surface area contributed by atoms with Gasteiger partial charge < -0.3 is 9.64 Å². The van der Waals surface area contributed by atoms with Crippen molar-refractivity contribution in [3.05, 3.63) is 42.0 Å². The van der Waals surface area contributed by atoms with Gasteiger partial charge in [-0.15, -0.1) is 0 Å². The Morgan fingerprint density at radius 2 is 2.22 bits per heavy atom. The third-order valence-electron chi connectivity index (χ3n) is 4.49. The highest BCUT2D eigenvalue weighted by Gasteiger charge is 2.27. The van der Waals surface area contributed by atoms with E-state index in [1.807, 2.05) is 6.07 Å². The summed E-state index contributed by atoms with van der Waals surface area (Å²) < 4.78 is 34.3. The lowest BCUT2D eigenvalue weighted by molar-refractivity contribution is -0.132. The molecule has 0 unspecified atom stereocenters. The molecule has 27 heavy (non-hydrogen) atoms. The summed E-state index contributed by atoms with van der Waals surface area (Å²) in [7, 11) is -2.15. The van der Waals surface area contributed by atoms with E-state index in [4.69, 9.17) is 4.74 Å². The minimum atomic E-state index is -3.66. The van der Waals surface area contributed by atoms with Gasteiger partial charge in [0.05, 0.1) is 18.0 Å². The largest absolute Gasteiger partial charge is 0.383 e. The zero-order chi connectivity index (χ0) is 19.3. The molecule has 9 nitrogen and oxygen atoms in total. The third kappa shape index (κ3) is 4.71. The summed E-state index contributed by atoms with van der Waals surface area (Å²) in [4.78, 5) is 18.3. The number of ether oxygens (including phenoxy) is 1. The normalized spacial score (nSPS) is 14.2. The van der Waals surface area contributed by atoms with Crippen LogP contribution in [0.25, 0.3) is 0 Å². The van der Waals surface area contributed by atoms with E-state index >= 15 is 0 Å². The molecule has 1 aliphatic rings. The molecule has 0 spiro atoms. The second kappa shape index (κ2) is 8.59. The van der Waals surface area contributed by atoms with Crippen LogP contribution in [0.5, 0.6) is 0 Å². The highest BCUT2D eigenvalue weighted by atomic mass is 32.2. The van der Waals surface area contributed by atoms with Crippen LogP contribution in [0.4, 0.5) is 0 Å². The SMILES string of the molecule is COCCNS(=O)(=O)c1cccc2c1CN(C(=O)CCn1cncn1)CC2. The molecule has 0 saturated carbocycles. The lowest BCUT2D eigenvalue weighted by Crippen LogP contribution is -2.38. The van der Waals surface area contributed by atoms with E-state index in [1.165, 1.54) is 13.4 Å². The van der Waals surface area contributed by atoms with Gasteiger partial charge in [-0.1, -0.05) is 12.1 Å². The van der Waals surface area contributed by atoms with Crippen LogP contribution in [0.1, 0.15) is 17.5 Å². The Kier molecular flexibility index (Phi) is 6.19. The number of nitrogens with zero attached hydrogens (tertiary/aromatic N) is 4. The lowest BCUT2D eigenvalue weighted by atomic mass is 9.99. The van der Waals surface area contributed by atoms with E-state index in [0.717, 1.165) is 5.56 Å². The molecule has 1 aromatic carbocycles. The number of benzene rings is 1. The Balaban J connectivity index is 1.73. The Bertz CT molecular complexity index is 883. The van der Waals surface area contributed by atoms with Crippen LogP contribution >= 0.6 is 0 Å². The second-order valence-corrected chi connectivity index (χ2v) is 7.99. The van der Waals surface area contributed by atoms with Crippen molar-refractivity contribution in [3.8, 4) is 0 Å². The highest BCUT2D eigenvalue weighted by molar-refractivity contribution is 7.89. The van der Waals surface area contributed by atoms with E-state index in [1.54, 1.807) is 28.0 Å². The van der Waals surface area contributed by atoms with E-state index in [0.29, 0.717) is 38.1 Å². The number of fused-ring (bicyclic) bond motifs is 1. The predicted molar refractivity (Wildman–Crippen MR) is 97.3 cm³/mol. The maximum Gasteiger partial charge on any atom is 0.240 e. The summed E-state index contributed by atoms with van der Waals surface area (Å²) in [6.45, 7) is 1.79. The molecule has 1 aromatic heterocycles. The van der Waals surface area contributed by atoms with Gasteiger partial charge in [-0.2, -0.15) is 5.10 Å². The Hall–Kier alpha value is -2.30. The minimum absolute atomic E-state index is 0.0318. The molecule has 0 fully saturated rings. The summed E-state index contributed by atoms with van der Waals surface area (Å²) in [6.07, 6.45) is 3.91. The van der Waals surface area contributed by atoms with Crippen LogP contribution < -0.4 is 4.72 Å². The van der Waals surface area contributed by atoms with Crippen molar-refractivity contribution in [2.24, 2.45) is 0 Å². The molecule has 0 aliphatic carbocycles. The Labute approximate surface area is 158 Å².